The van der Waals surface area contributed by atoms with E-state index in [1.165, 1.54) is 0 Å². The fourth-order valence-electron chi connectivity index (χ4n) is 5.26. The minimum absolute atomic E-state index is 0.0209. The number of hydrogen-bond acceptors (Lipinski definition) is 5. The molecule has 2 amide bonds. The minimum atomic E-state index is -0.218. The number of carbonyl (C=O) groups excluding carboxylic acids is 2. The molecule has 5 rings (SSSR count). The fraction of sp³-hybridized carbons (Fsp3) is 0.393. The van der Waals surface area contributed by atoms with Gasteiger partial charge in [-0.15, -0.1) is 0 Å². The van der Waals surface area contributed by atoms with E-state index >= 15 is 0 Å². The van der Waals surface area contributed by atoms with Crippen LogP contribution >= 0.6 is 23.2 Å². The third-order valence-corrected chi connectivity index (χ3v) is 8.46. The van der Waals surface area contributed by atoms with E-state index in [2.05, 4.69) is 21.5 Å². The van der Waals surface area contributed by atoms with Gasteiger partial charge < -0.3 is 5.32 Å². The lowest BCUT2D eigenvalue weighted by atomic mass is 9.74. The van der Waals surface area contributed by atoms with Crippen molar-refractivity contribution in [1.29, 1.82) is 5.26 Å². The number of anilines is 1. The maximum absolute atomic E-state index is 12.9. The van der Waals surface area contributed by atoms with Crippen LogP contribution in [-0.2, 0) is 4.79 Å². The van der Waals surface area contributed by atoms with Crippen LogP contribution in [0.4, 0.5) is 5.82 Å². The quantitative estimate of drug-likeness (QED) is 0.441. The van der Waals surface area contributed by atoms with Crippen molar-refractivity contribution in [1.82, 2.24) is 20.1 Å². The van der Waals surface area contributed by atoms with Crippen molar-refractivity contribution >= 4 is 40.8 Å². The van der Waals surface area contributed by atoms with Gasteiger partial charge in [-0.05, 0) is 73.9 Å². The van der Waals surface area contributed by atoms with Crippen LogP contribution in [0, 0.1) is 24.2 Å². The van der Waals surface area contributed by atoms with Crippen LogP contribution in [0.5, 0.6) is 0 Å². The monoisotopic (exact) mass is 550 g/mol. The Kier molecular flexibility index (Phi) is 7.17. The number of carbonyl (C=O) groups is 2. The molecule has 8 nitrogen and oxygen atoms in total. The van der Waals surface area contributed by atoms with Crippen molar-refractivity contribution in [3.63, 3.8) is 0 Å². The number of benzene rings is 1. The smallest absolute Gasteiger partial charge is 0.254 e. The zero-order valence-electron chi connectivity index (χ0n) is 21.4. The van der Waals surface area contributed by atoms with Crippen LogP contribution < -0.4 is 10.2 Å². The first-order valence-corrected chi connectivity index (χ1v) is 13.4. The highest BCUT2D eigenvalue weighted by Gasteiger charge is 2.34. The van der Waals surface area contributed by atoms with E-state index in [1.54, 1.807) is 40.3 Å². The normalized spacial score (nSPS) is 21.6. The number of halogens is 2. The molecule has 1 aliphatic carbocycles. The molecule has 2 aromatic heterocycles. The highest BCUT2D eigenvalue weighted by atomic mass is 35.5. The minimum Gasteiger partial charge on any atom is -0.349 e. The van der Waals surface area contributed by atoms with E-state index in [0.717, 1.165) is 36.0 Å². The molecule has 1 saturated heterocycles. The van der Waals surface area contributed by atoms with Gasteiger partial charge in [-0.3, -0.25) is 19.2 Å². The lowest BCUT2D eigenvalue weighted by molar-refractivity contribution is -0.119. The summed E-state index contributed by atoms with van der Waals surface area (Å²) in [7, 11) is 0. The molecule has 2 unspecified atom stereocenters. The zero-order valence-corrected chi connectivity index (χ0v) is 22.9. The van der Waals surface area contributed by atoms with Crippen molar-refractivity contribution in [2.75, 3.05) is 11.4 Å². The summed E-state index contributed by atoms with van der Waals surface area (Å²) in [5.74, 6) is 0.506. The van der Waals surface area contributed by atoms with Gasteiger partial charge >= 0.3 is 0 Å². The topological polar surface area (TPSA) is 104 Å². The van der Waals surface area contributed by atoms with Crippen LogP contribution in [0.3, 0.4) is 0 Å². The molecule has 3 heterocycles. The highest BCUT2D eigenvalue weighted by molar-refractivity contribution is 6.34. The third kappa shape index (κ3) is 4.77. The van der Waals surface area contributed by atoms with Crippen molar-refractivity contribution in [2.45, 2.75) is 58.0 Å². The van der Waals surface area contributed by atoms with Crippen LogP contribution in [0.15, 0.2) is 36.8 Å². The van der Waals surface area contributed by atoms with E-state index in [9.17, 15) is 14.9 Å². The Labute approximate surface area is 231 Å². The second kappa shape index (κ2) is 10.4. The predicted octanol–water partition coefficient (Wildman–Crippen LogP) is 5.42. The molecule has 3 aromatic rings. The Hall–Kier alpha value is -3.41. The van der Waals surface area contributed by atoms with E-state index in [1.807, 2.05) is 26.8 Å². The van der Waals surface area contributed by atoms with Gasteiger partial charge in [0.1, 0.15) is 0 Å². The second-order valence-corrected chi connectivity index (χ2v) is 11.0. The van der Waals surface area contributed by atoms with Crippen molar-refractivity contribution in [3.8, 4) is 6.07 Å². The summed E-state index contributed by atoms with van der Waals surface area (Å²) in [6, 6.07) is 7.32. The van der Waals surface area contributed by atoms with Gasteiger partial charge in [0, 0.05) is 35.9 Å². The summed E-state index contributed by atoms with van der Waals surface area (Å²) < 4.78 is 1.72. The molecule has 0 bridgehead atoms. The molecule has 1 aromatic carbocycles. The summed E-state index contributed by atoms with van der Waals surface area (Å²) >= 11 is 12.8. The molecular weight excluding hydrogens is 523 g/mol. The third-order valence-electron chi connectivity index (χ3n) is 7.77. The van der Waals surface area contributed by atoms with Gasteiger partial charge in [-0.2, -0.15) is 10.4 Å². The van der Waals surface area contributed by atoms with Gasteiger partial charge in [-0.1, -0.05) is 30.1 Å². The molecule has 2 fully saturated rings. The Morgan fingerprint density at radius 1 is 1.26 bits per heavy atom. The molecule has 196 valence electrons. The molecule has 10 heteroatoms. The van der Waals surface area contributed by atoms with Gasteiger partial charge in [0.2, 0.25) is 5.91 Å². The van der Waals surface area contributed by atoms with Crippen LogP contribution in [0.25, 0.3) is 0 Å². The van der Waals surface area contributed by atoms with Crippen molar-refractivity contribution in [3.05, 3.63) is 74.7 Å². The summed E-state index contributed by atoms with van der Waals surface area (Å²) in [5.41, 5.74) is 3.72. The molecule has 0 radical (unpaired) electrons. The first-order valence-electron chi connectivity index (χ1n) is 12.7. The van der Waals surface area contributed by atoms with Gasteiger partial charge in [-0.25, -0.2) is 4.98 Å². The standard InChI is InChI=1S/C28H28Cl2N6O2/c1-15-6-7-35(28(15)38)26-25(30)16(2)24(13-32-26)17(3)36-14-20(12-33-36)27(37)34-22-8-19(9-22)23-10-21(29)5-4-18(23)11-31/h4-5,10,12-15,17,19,22H,6-9H2,1-3H3,(H,34,37). The summed E-state index contributed by atoms with van der Waals surface area (Å²) in [5, 5.41) is 17.9. The highest BCUT2D eigenvalue weighted by Crippen LogP contribution is 2.39. The lowest BCUT2D eigenvalue weighted by Crippen LogP contribution is -2.43. The zero-order chi connectivity index (χ0) is 27.1. The second-order valence-electron chi connectivity index (χ2n) is 10.2. The van der Waals surface area contributed by atoms with Gasteiger partial charge in [0.25, 0.3) is 5.91 Å². The average molecular weight is 551 g/mol. The van der Waals surface area contributed by atoms with E-state index in [-0.39, 0.29) is 35.7 Å². The number of rotatable bonds is 6. The van der Waals surface area contributed by atoms with E-state index < -0.39 is 0 Å². The predicted molar refractivity (Wildman–Crippen MR) is 146 cm³/mol. The van der Waals surface area contributed by atoms with Crippen molar-refractivity contribution < 1.29 is 9.59 Å². The average Bonchev–Trinajstić information content (AvgIpc) is 3.50. The molecule has 1 aliphatic heterocycles. The SMILES string of the molecule is Cc1c(C(C)n2cc(C(=O)NC3CC(c4cc(Cl)ccc4C#N)C3)cn2)cnc(N2CCC(C)C2=O)c1Cl. The molecule has 2 aliphatic rings. The van der Waals surface area contributed by atoms with Gasteiger partial charge in [0.05, 0.1) is 34.5 Å². The number of nitriles is 1. The molecular formula is C28H28Cl2N6O2. The Bertz CT molecular complexity index is 1460. The molecule has 0 spiro atoms. The first-order chi connectivity index (χ1) is 18.2. The lowest BCUT2D eigenvalue weighted by Gasteiger charge is -2.36. The van der Waals surface area contributed by atoms with Gasteiger partial charge in [0.15, 0.2) is 5.82 Å². The van der Waals surface area contributed by atoms with Crippen LogP contribution in [-0.4, -0.2) is 39.2 Å². The van der Waals surface area contributed by atoms with E-state index in [0.29, 0.717) is 33.5 Å². The Morgan fingerprint density at radius 2 is 2.03 bits per heavy atom. The molecule has 38 heavy (non-hydrogen) atoms. The number of amides is 2. The maximum Gasteiger partial charge on any atom is 0.254 e. The van der Waals surface area contributed by atoms with Crippen molar-refractivity contribution in [2.24, 2.45) is 5.92 Å². The largest absolute Gasteiger partial charge is 0.349 e. The Balaban J connectivity index is 1.24. The first kappa shape index (κ1) is 26.2. The number of hydrogen-bond donors (Lipinski definition) is 1. The maximum atomic E-state index is 12.9. The molecule has 2 atom stereocenters. The van der Waals surface area contributed by atoms with E-state index in [4.69, 9.17) is 23.2 Å². The van der Waals surface area contributed by atoms with Crippen LogP contribution in [0.2, 0.25) is 10.0 Å². The molecule has 1 N–H and O–H groups in total. The summed E-state index contributed by atoms with van der Waals surface area (Å²) in [6.07, 6.45) is 7.29. The fourth-order valence-corrected chi connectivity index (χ4v) is 5.70. The number of nitrogens with zero attached hydrogens (tertiary/aromatic N) is 5. The Morgan fingerprint density at radius 3 is 2.71 bits per heavy atom. The summed E-state index contributed by atoms with van der Waals surface area (Å²) in [4.78, 5) is 31.6. The number of nitrogens with one attached hydrogen (secondary N) is 1. The van der Waals surface area contributed by atoms with Crippen LogP contribution in [0.1, 0.15) is 77.7 Å². The number of pyridine rings is 1. The summed E-state index contributed by atoms with van der Waals surface area (Å²) in [6.45, 7) is 6.40. The molecule has 1 saturated carbocycles. The number of aromatic nitrogens is 3.